The van der Waals surface area contributed by atoms with Crippen molar-refractivity contribution in [1.29, 1.82) is 0 Å². The van der Waals surface area contributed by atoms with Crippen molar-refractivity contribution in [2.75, 3.05) is 6.61 Å². The van der Waals surface area contributed by atoms with E-state index >= 15 is 0 Å². The summed E-state index contributed by atoms with van der Waals surface area (Å²) in [6, 6.07) is 9.40. The van der Waals surface area contributed by atoms with Gasteiger partial charge in [0.25, 0.3) is 5.56 Å². The number of ether oxygens (including phenoxy) is 1. The van der Waals surface area contributed by atoms with Gasteiger partial charge in [0, 0.05) is 24.7 Å². The summed E-state index contributed by atoms with van der Waals surface area (Å²) in [6.45, 7) is 2.90. The fraction of sp³-hybridized carbons (Fsp3) is 0.333. The number of hydrogen-bond donors (Lipinski definition) is 1. The summed E-state index contributed by atoms with van der Waals surface area (Å²) in [6.07, 6.45) is 0.934. The third kappa shape index (κ3) is 2.88. The van der Waals surface area contributed by atoms with Crippen LogP contribution in [0.3, 0.4) is 0 Å². The molecule has 2 N–H and O–H groups in total. The molecule has 0 bridgehead atoms. The fourth-order valence-corrected chi connectivity index (χ4v) is 1.96. The van der Waals surface area contributed by atoms with Gasteiger partial charge in [-0.2, -0.15) is 5.10 Å². The van der Waals surface area contributed by atoms with Gasteiger partial charge in [-0.3, -0.25) is 4.79 Å². The SMILES string of the molecule is CCCOc1ccccc1-c1cc(CN)c(=O)n(C)n1. The maximum absolute atomic E-state index is 11.8. The zero-order valence-electron chi connectivity index (χ0n) is 11.8. The highest BCUT2D eigenvalue weighted by Crippen LogP contribution is 2.28. The van der Waals surface area contributed by atoms with E-state index in [1.807, 2.05) is 24.3 Å². The van der Waals surface area contributed by atoms with E-state index in [-0.39, 0.29) is 12.1 Å². The van der Waals surface area contributed by atoms with E-state index in [1.54, 1.807) is 13.1 Å². The summed E-state index contributed by atoms with van der Waals surface area (Å²) in [5.74, 6) is 0.767. The Bertz CT molecular complexity index is 650. The van der Waals surface area contributed by atoms with Gasteiger partial charge in [-0.1, -0.05) is 19.1 Å². The Hall–Kier alpha value is -2.14. The molecular formula is C15H19N3O2. The standard InChI is InChI=1S/C15H19N3O2/c1-3-8-20-14-7-5-4-6-12(14)13-9-11(10-16)15(19)18(2)17-13/h4-7,9H,3,8,10,16H2,1-2H3. The van der Waals surface area contributed by atoms with Crippen LogP contribution in [0, 0.1) is 0 Å². The highest BCUT2D eigenvalue weighted by molar-refractivity contribution is 5.67. The van der Waals surface area contributed by atoms with E-state index in [9.17, 15) is 4.79 Å². The Labute approximate surface area is 118 Å². The molecule has 0 radical (unpaired) electrons. The Balaban J connectivity index is 2.51. The van der Waals surface area contributed by atoms with E-state index in [4.69, 9.17) is 10.5 Å². The summed E-state index contributed by atoms with van der Waals surface area (Å²) < 4.78 is 7.04. The molecule has 0 aliphatic carbocycles. The van der Waals surface area contributed by atoms with Crippen molar-refractivity contribution in [3.8, 4) is 17.0 Å². The largest absolute Gasteiger partial charge is 0.493 e. The number of hydrogen-bond acceptors (Lipinski definition) is 4. The molecule has 5 heteroatoms. The highest BCUT2D eigenvalue weighted by atomic mass is 16.5. The molecule has 106 valence electrons. The second-order valence-corrected chi connectivity index (χ2v) is 4.53. The molecule has 0 saturated heterocycles. The fourth-order valence-electron chi connectivity index (χ4n) is 1.96. The van der Waals surface area contributed by atoms with E-state index < -0.39 is 0 Å². The zero-order chi connectivity index (χ0) is 14.5. The first-order chi connectivity index (χ1) is 9.67. The second kappa shape index (κ2) is 6.34. The average molecular weight is 273 g/mol. The van der Waals surface area contributed by atoms with E-state index in [0.717, 1.165) is 17.7 Å². The molecule has 20 heavy (non-hydrogen) atoms. The van der Waals surface area contributed by atoms with Gasteiger partial charge in [0.1, 0.15) is 5.75 Å². The minimum absolute atomic E-state index is 0.164. The number of nitrogens with zero attached hydrogens (tertiary/aromatic N) is 2. The number of benzene rings is 1. The van der Waals surface area contributed by atoms with Crippen LogP contribution >= 0.6 is 0 Å². The van der Waals surface area contributed by atoms with E-state index in [1.165, 1.54) is 4.68 Å². The predicted octanol–water partition coefficient (Wildman–Crippen LogP) is 1.69. The molecule has 0 aliphatic heterocycles. The third-order valence-electron chi connectivity index (χ3n) is 2.98. The Morgan fingerprint density at radius 3 is 2.80 bits per heavy atom. The summed E-state index contributed by atoms with van der Waals surface area (Å²) in [5, 5.41) is 4.29. The minimum Gasteiger partial charge on any atom is -0.493 e. The average Bonchev–Trinajstić information content (AvgIpc) is 2.48. The van der Waals surface area contributed by atoms with Gasteiger partial charge in [-0.25, -0.2) is 4.68 Å². The molecule has 5 nitrogen and oxygen atoms in total. The molecule has 0 saturated carbocycles. The summed E-state index contributed by atoms with van der Waals surface area (Å²) in [7, 11) is 1.63. The Kier molecular flexibility index (Phi) is 4.53. The lowest BCUT2D eigenvalue weighted by atomic mass is 10.1. The summed E-state index contributed by atoms with van der Waals surface area (Å²) in [5.41, 5.74) is 7.55. The molecule has 2 aromatic rings. The second-order valence-electron chi connectivity index (χ2n) is 4.53. The molecule has 0 unspecified atom stereocenters. The van der Waals surface area contributed by atoms with Crippen LogP contribution in [0.25, 0.3) is 11.3 Å². The topological polar surface area (TPSA) is 70.1 Å². The third-order valence-corrected chi connectivity index (χ3v) is 2.98. The molecule has 0 fully saturated rings. The molecule has 0 spiro atoms. The van der Waals surface area contributed by atoms with Crippen molar-refractivity contribution >= 4 is 0 Å². The molecule has 1 aromatic heterocycles. The lowest BCUT2D eigenvalue weighted by Crippen LogP contribution is -2.25. The van der Waals surface area contributed by atoms with Gasteiger partial charge in [0.15, 0.2) is 0 Å². The molecule has 0 atom stereocenters. The molecule has 2 rings (SSSR count). The van der Waals surface area contributed by atoms with Crippen molar-refractivity contribution in [2.45, 2.75) is 19.9 Å². The van der Waals surface area contributed by atoms with Crippen molar-refractivity contribution in [3.05, 3.63) is 46.2 Å². The molecular weight excluding hydrogens is 254 g/mol. The number of aromatic nitrogens is 2. The van der Waals surface area contributed by atoms with Crippen LogP contribution in [0.15, 0.2) is 35.1 Å². The minimum atomic E-state index is -0.164. The lowest BCUT2D eigenvalue weighted by molar-refractivity contribution is 0.318. The molecule has 1 aromatic carbocycles. The normalized spacial score (nSPS) is 10.6. The quantitative estimate of drug-likeness (QED) is 0.900. The van der Waals surface area contributed by atoms with Crippen LogP contribution in [0.4, 0.5) is 0 Å². The van der Waals surface area contributed by atoms with Gasteiger partial charge < -0.3 is 10.5 Å². The summed E-state index contributed by atoms with van der Waals surface area (Å²) in [4.78, 5) is 11.8. The number of para-hydroxylation sites is 1. The lowest BCUT2D eigenvalue weighted by Gasteiger charge is -2.11. The highest BCUT2D eigenvalue weighted by Gasteiger charge is 2.11. The van der Waals surface area contributed by atoms with Crippen molar-refractivity contribution < 1.29 is 4.74 Å². The monoisotopic (exact) mass is 273 g/mol. The van der Waals surface area contributed by atoms with Crippen LogP contribution in [0.1, 0.15) is 18.9 Å². The van der Waals surface area contributed by atoms with Crippen LogP contribution in [0.2, 0.25) is 0 Å². The zero-order valence-corrected chi connectivity index (χ0v) is 11.8. The molecule has 0 amide bonds. The Morgan fingerprint density at radius 1 is 1.35 bits per heavy atom. The van der Waals surface area contributed by atoms with Gasteiger partial charge in [0.05, 0.1) is 12.3 Å². The van der Waals surface area contributed by atoms with Gasteiger partial charge in [-0.05, 0) is 24.6 Å². The summed E-state index contributed by atoms with van der Waals surface area (Å²) >= 11 is 0. The van der Waals surface area contributed by atoms with Crippen LogP contribution in [0.5, 0.6) is 5.75 Å². The number of nitrogens with two attached hydrogens (primary N) is 1. The first kappa shape index (κ1) is 14.3. The van der Waals surface area contributed by atoms with E-state index in [2.05, 4.69) is 12.0 Å². The Morgan fingerprint density at radius 2 is 2.10 bits per heavy atom. The molecule has 0 aliphatic rings. The maximum Gasteiger partial charge on any atom is 0.271 e. The van der Waals surface area contributed by atoms with Crippen molar-refractivity contribution in [1.82, 2.24) is 9.78 Å². The van der Waals surface area contributed by atoms with E-state index in [0.29, 0.717) is 17.9 Å². The number of rotatable bonds is 5. The first-order valence-electron chi connectivity index (χ1n) is 6.66. The van der Waals surface area contributed by atoms with Crippen molar-refractivity contribution in [2.24, 2.45) is 12.8 Å². The van der Waals surface area contributed by atoms with Crippen molar-refractivity contribution in [3.63, 3.8) is 0 Å². The van der Waals surface area contributed by atoms with Gasteiger partial charge in [0.2, 0.25) is 0 Å². The smallest absolute Gasteiger partial charge is 0.271 e. The number of aryl methyl sites for hydroxylation is 1. The van der Waals surface area contributed by atoms with Crippen LogP contribution in [-0.2, 0) is 13.6 Å². The first-order valence-corrected chi connectivity index (χ1v) is 6.66. The van der Waals surface area contributed by atoms with Gasteiger partial charge in [-0.15, -0.1) is 0 Å². The van der Waals surface area contributed by atoms with Gasteiger partial charge >= 0.3 is 0 Å². The van der Waals surface area contributed by atoms with Crippen LogP contribution in [-0.4, -0.2) is 16.4 Å². The maximum atomic E-state index is 11.8. The van der Waals surface area contributed by atoms with Crippen LogP contribution < -0.4 is 16.0 Å². The molecule has 1 heterocycles. The predicted molar refractivity (Wildman–Crippen MR) is 78.6 cm³/mol.